The summed E-state index contributed by atoms with van der Waals surface area (Å²) in [5, 5.41) is 25.8. The Morgan fingerprint density at radius 1 is 1.00 bits per heavy atom. The molecular weight excluding hydrogens is 697 g/mol. The Kier molecular flexibility index (Phi) is 8.28. The van der Waals surface area contributed by atoms with Crippen molar-refractivity contribution < 1.29 is 34.0 Å². The topological polar surface area (TPSA) is 128 Å². The SMILES string of the molecule is C#C[C@]12CCCN3CC[C@@]4(c5cc([C@@]6(C(=O)OC)C[C@H]7CN(CCc8c6[nH]c6ccccc86)C[C@](O)(CC)C7)c(OC)cc5N(C)[C@H]4[C@@](O)(C(=O)OC)C1)[C@@H]32. The highest BCUT2D eigenvalue weighted by atomic mass is 16.5. The second-order valence-electron chi connectivity index (χ2n) is 17.6. The van der Waals surface area contributed by atoms with Gasteiger partial charge < -0.3 is 34.3 Å². The molecule has 5 aliphatic heterocycles. The van der Waals surface area contributed by atoms with Crippen LogP contribution in [-0.2, 0) is 36.3 Å². The number of hydrogen-bond acceptors (Lipinski definition) is 10. The Labute approximate surface area is 323 Å². The van der Waals surface area contributed by atoms with Crippen LogP contribution >= 0.6 is 0 Å². The van der Waals surface area contributed by atoms with Crippen LogP contribution in [0.3, 0.4) is 0 Å². The Hall–Kier alpha value is -4.08. The first-order chi connectivity index (χ1) is 26.4. The van der Waals surface area contributed by atoms with E-state index in [0.717, 1.165) is 66.0 Å². The fourth-order valence-electron chi connectivity index (χ4n) is 13.2. The van der Waals surface area contributed by atoms with E-state index in [2.05, 4.69) is 38.9 Å². The van der Waals surface area contributed by atoms with Crippen molar-refractivity contribution in [1.82, 2.24) is 14.8 Å². The van der Waals surface area contributed by atoms with E-state index in [0.29, 0.717) is 56.4 Å². The molecule has 3 N–H and O–H groups in total. The number of likely N-dealkylation sites (N-methyl/N-ethyl adjacent to an activating group) is 1. The van der Waals surface area contributed by atoms with Gasteiger partial charge in [0.2, 0.25) is 0 Å². The maximum absolute atomic E-state index is 15.2. The van der Waals surface area contributed by atoms with E-state index in [4.69, 9.17) is 20.6 Å². The number of anilines is 1. The number of esters is 2. The summed E-state index contributed by atoms with van der Waals surface area (Å²) in [6.07, 6.45) is 11.0. The molecule has 2 bridgehead atoms. The number of rotatable bonds is 5. The zero-order chi connectivity index (χ0) is 38.7. The lowest BCUT2D eigenvalue weighted by molar-refractivity contribution is -0.182. The first kappa shape index (κ1) is 36.6. The van der Waals surface area contributed by atoms with Crippen LogP contribution in [0.15, 0.2) is 36.4 Å². The summed E-state index contributed by atoms with van der Waals surface area (Å²) in [7, 11) is 6.34. The third-order valence-electron chi connectivity index (χ3n) is 15.1. The fourth-order valence-corrected chi connectivity index (χ4v) is 13.2. The van der Waals surface area contributed by atoms with E-state index in [1.165, 1.54) is 14.2 Å². The maximum atomic E-state index is 15.2. The van der Waals surface area contributed by atoms with E-state index in [9.17, 15) is 15.0 Å². The van der Waals surface area contributed by atoms with E-state index in [-0.39, 0.29) is 18.4 Å². The molecule has 9 rings (SSSR count). The number of fused-ring (bicyclic) bond motifs is 6. The molecule has 4 fully saturated rings. The van der Waals surface area contributed by atoms with Crippen molar-refractivity contribution in [1.29, 1.82) is 0 Å². The Bertz CT molecular complexity index is 2130. The van der Waals surface area contributed by atoms with Crippen LogP contribution in [0.4, 0.5) is 5.69 Å². The number of H-pyrrole nitrogens is 1. The number of para-hydroxylation sites is 1. The van der Waals surface area contributed by atoms with Gasteiger partial charge in [0.05, 0.1) is 38.4 Å². The number of nitrogens with zero attached hydrogens (tertiary/aromatic N) is 3. The normalized spacial score (nSPS) is 37.7. The van der Waals surface area contributed by atoms with Gasteiger partial charge in [-0.1, -0.05) is 31.0 Å². The third-order valence-corrected chi connectivity index (χ3v) is 15.1. The highest BCUT2D eigenvalue weighted by Gasteiger charge is 2.76. The summed E-state index contributed by atoms with van der Waals surface area (Å²) in [5.41, 5.74) is -0.501. The van der Waals surface area contributed by atoms with Crippen molar-refractivity contribution in [2.75, 3.05) is 66.0 Å². The second-order valence-corrected chi connectivity index (χ2v) is 17.6. The van der Waals surface area contributed by atoms with E-state index < -0.39 is 45.4 Å². The molecule has 1 saturated carbocycles. The molecule has 1 aliphatic carbocycles. The minimum absolute atomic E-state index is 0.0600. The largest absolute Gasteiger partial charge is 0.496 e. The van der Waals surface area contributed by atoms with Gasteiger partial charge >= 0.3 is 11.9 Å². The molecule has 2 aromatic carbocycles. The van der Waals surface area contributed by atoms with Crippen molar-refractivity contribution in [3.05, 3.63) is 58.8 Å². The molecule has 11 heteroatoms. The minimum Gasteiger partial charge on any atom is -0.496 e. The van der Waals surface area contributed by atoms with E-state index in [1.54, 1.807) is 7.11 Å². The summed E-state index contributed by atoms with van der Waals surface area (Å²) in [6, 6.07) is 11.5. The fraction of sp³-hybridized carbons (Fsp3) is 0.591. The van der Waals surface area contributed by atoms with Gasteiger partial charge in [0, 0.05) is 78.5 Å². The molecular formula is C44H54N4O7. The Morgan fingerprint density at radius 3 is 2.51 bits per heavy atom. The molecule has 292 valence electrons. The van der Waals surface area contributed by atoms with Gasteiger partial charge in [0.1, 0.15) is 11.2 Å². The van der Waals surface area contributed by atoms with Gasteiger partial charge in [-0.2, -0.15) is 0 Å². The molecule has 1 aromatic heterocycles. The predicted molar refractivity (Wildman–Crippen MR) is 208 cm³/mol. The van der Waals surface area contributed by atoms with Crippen LogP contribution in [0, 0.1) is 23.7 Å². The molecule has 3 saturated heterocycles. The lowest BCUT2D eigenvalue weighted by Gasteiger charge is -2.60. The van der Waals surface area contributed by atoms with Crippen molar-refractivity contribution in [2.45, 2.75) is 92.4 Å². The van der Waals surface area contributed by atoms with Crippen molar-refractivity contribution in [2.24, 2.45) is 11.3 Å². The first-order valence-electron chi connectivity index (χ1n) is 20.0. The number of aliphatic hydroxyl groups is 2. The number of hydrogen-bond donors (Lipinski definition) is 3. The molecule has 11 nitrogen and oxygen atoms in total. The minimum atomic E-state index is -1.90. The number of aromatic nitrogens is 1. The number of nitrogens with one attached hydrogen (secondary N) is 1. The number of carbonyl (C=O) groups excluding carboxylic acids is 2. The van der Waals surface area contributed by atoms with Crippen molar-refractivity contribution >= 4 is 28.5 Å². The highest BCUT2D eigenvalue weighted by molar-refractivity contribution is 5.94. The molecule has 1 unspecified atom stereocenters. The summed E-state index contributed by atoms with van der Waals surface area (Å²) in [5.74, 6) is 2.53. The highest BCUT2D eigenvalue weighted by Crippen LogP contribution is 2.67. The average molecular weight is 751 g/mol. The smallest absolute Gasteiger partial charge is 0.340 e. The quantitative estimate of drug-likeness (QED) is 0.261. The van der Waals surface area contributed by atoms with Gasteiger partial charge in [-0.25, -0.2) is 4.79 Å². The molecule has 6 aliphatic rings. The van der Waals surface area contributed by atoms with Crippen LogP contribution < -0.4 is 9.64 Å². The molecule has 55 heavy (non-hydrogen) atoms. The number of methoxy groups -OCH3 is 3. The summed E-state index contributed by atoms with van der Waals surface area (Å²) < 4.78 is 17.7. The van der Waals surface area contributed by atoms with E-state index in [1.807, 2.05) is 37.1 Å². The molecule has 3 aromatic rings. The molecule has 1 spiro atoms. The number of terminal acetylenes is 1. The molecule has 6 heterocycles. The van der Waals surface area contributed by atoms with Gasteiger partial charge in [-0.05, 0) is 87.2 Å². The predicted octanol–water partition coefficient (Wildman–Crippen LogP) is 3.90. The number of ether oxygens (including phenoxy) is 3. The zero-order valence-electron chi connectivity index (χ0n) is 32.7. The second kappa shape index (κ2) is 12.5. The zero-order valence-corrected chi connectivity index (χ0v) is 32.7. The first-order valence-corrected chi connectivity index (χ1v) is 20.0. The van der Waals surface area contributed by atoms with Crippen LogP contribution in [0.5, 0.6) is 5.75 Å². The van der Waals surface area contributed by atoms with Crippen LogP contribution in [0.2, 0.25) is 0 Å². The number of piperidine rings is 2. The van der Waals surface area contributed by atoms with Gasteiger partial charge in [-0.3, -0.25) is 14.6 Å². The number of aromatic amines is 1. The van der Waals surface area contributed by atoms with Crippen molar-refractivity contribution in [3.63, 3.8) is 0 Å². The van der Waals surface area contributed by atoms with Crippen LogP contribution in [0.25, 0.3) is 10.9 Å². The Morgan fingerprint density at radius 2 is 1.78 bits per heavy atom. The maximum Gasteiger partial charge on any atom is 0.340 e. The van der Waals surface area contributed by atoms with Gasteiger partial charge in [0.15, 0.2) is 5.60 Å². The molecule has 0 amide bonds. The number of benzene rings is 2. The lowest BCUT2D eigenvalue weighted by atomic mass is 9.49. The van der Waals surface area contributed by atoms with Crippen LogP contribution in [-0.4, -0.2) is 121 Å². The lowest BCUT2D eigenvalue weighted by Crippen LogP contribution is -2.75. The summed E-state index contributed by atoms with van der Waals surface area (Å²) in [6.45, 7) is 5.73. The van der Waals surface area contributed by atoms with Crippen molar-refractivity contribution in [3.8, 4) is 18.1 Å². The van der Waals surface area contributed by atoms with Gasteiger partial charge in [-0.15, -0.1) is 6.42 Å². The number of carbonyl (C=O) groups is 2. The average Bonchev–Trinajstić information content (AvgIpc) is 3.85. The molecule has 9 atom stereocenters. The van der Waals surface area contributed by atoms with Crippen LogP contribution in [0.1, 0.15) is 74.3 Å². The molecule has 0 radical (unpaired) electrons. The van der Waals surface area contributed by atoms with Gasteiger partial charge in [0.25, 0.3) is 0 Å². The van der Waals surface area contributed by atoms with E-state index >= 15 is 4.79 Å². The Balaban J connectivity index is 1.35. The summed E-state index contributed by atoms with van der Waals surface area (Å²) >= 11 is 0. The standard InChI is InChI=1S/C44H54N4O7/c1-7-40-15-11-17-48-19-16-42(36(40)48)30-20-31(34(53-4)21-33(30)46(3)37(42)44(52,25-40)39(50)55-6)43(38(49)54-5)23-27-22-41(51,8-2)26-47(24-27)18-14-29-28-12-9-10-13-32(28)45-35(29)43/h1,9-10,12-13,20-21,27,36-37,45,51-52H,8,11,14-19,22-26H2,2-6H3/t27-,36-,37+,40-,41-,42+,43-,44+/m0/s1. The monoisotopic (exact) mass is 750 g/mol. The summed E-state index contributed by atoms with van der Waals surface area (Å²) in [4.78, 5) is 39.8. The third kappa shape index (κ3) is 4.72.